The molecule has 0 N–H and O–H groups in total. The van der Waals surface area contributed by atoms with Crippen LogP contribution in [0.25, 0.3) is 17.1 Å². The van der Waals surface area contributed by atoms with Crippen molar-refractivity contribution in [1.82, 2.24) is 24.9 Å². The molecule has 0 atom stereocenters. The van der Waals surface area contributed by atoms with Crippen molar-refractivity contribution in [3.63, 3.8) is 0 Å². The van der Waals surface area contributed by atoms with Gasteiger partial charge in [0, 0.05) is 11.0 Å². The smallest absolute Gasteiger partial charge is 0.232 e. The van der Waals surface area contributed by atoms with Crippen molar-refractivity contribution in [2.75, 3.05) is 6.61 Å². The minimum absolute atomic E-state index is 0.232. The third kappa shape index (κ3) is 4.67. The third-order valence-corrected chi connectivity index (χ3v) is 5.52. The predicted octanol–water partition coefficient (Wildman–Crippen LogP) is 5.44. The lowest BCUT2D eigenvalue weighted by Gasteiger charge is -2.11. The monoisotopic (exact) mass is 453 g/mol. The second-order valence-electron chi connectivity index (χ2n) is 8.10. The predicted molar refractivity (Wildman–Crippen MR) is 120 cm³/mol. The summed E-state index contributed by atoms with van der Waals surface area (Å²) >= 11 is 1.37. The Morgan fingerprint density at radius 3 is 2.47 bits per heavy atom. The van der Waals surface area contributed by atoms with Gasteiger partial charge in [-0.25, -0.2) is 4.39 Å². The number of aromatic nitrogens is 5. The van der Waals surface area contributed by atoms with Crippen molar-refractivity contribution < 1.29 is 13.7 Å². The SMILES string of the molecule is CCOc1ccc(-c2nnc(SCc3noc(C(C)(C)C)n3)n2-c2ccccc2F)cc1. The van der Waals surface area contributed by atoms with Gasteiger partial charge in [-0.3, -0.25) is 4.57 Å². The minimum Gasteiger partial charge on any atom is -0.494 e. The number of hydrogen-bond donors (Lipinski definition) is 0. The summed E-state index contributed by atoms with van der Waals surface area (Å²) in [5.41, 5.74) is 0.933. The average molecular weight is 454 g/mol. The molecule has 0 aliphatic heterocycles. The summed E-state index contributed by atoms with van der Waals surface area (Å²) in [6.45, 7) is 8.54. The molecule has 0 fully saturated rings. The maximum atomic E-state index is 14.7. The van der Waals surface area contributed by atoms with Gasteiger partial charge in [0.25, 0.3) is 0 Å². The highest BCUT2D eigenvalue weighted by atomic mass is 32.2. The largest absolute Gasteiger partial charge is 0.494 e. The lowest BCUT2D eigenvalue weighted by atomic mass is 9.97. The average Bonchev–Trinajstić information content (AvgIpc) is 3.41. The molecule has 32 heavy (non-hydrogen) atoms. The number of benzene rings is 2. The Morgan fingerprint density at radius 1 is 1.06 bits per heavy atom. The molecule has 2 aromatic carbocycles. The number of ether oxygens (including phenoxy) is 1. The van der Waals surface area contributed by atoms with Gasteiger partial charge in [0.15, 0.2) is 16.8 Å². The molecule has 0 aliphatic rings. The van der Waals surface area contributed by atoms with Crippen LogP contribution in [0.5, 0.6) is 5.75 Å². The first-order valence-corrected chi connectivity index (χ1v) is 11.2. The van der Waals surface area contributed by atoms with Gasteiger partial charge in [0.1, 0.15) is 11.6 Å². The summed E-state index contributed by atoms with van der Waals surface area (Å²) in [7, 11) is 0. The van der Waals surface area contributed by atoms with E-state index in [1.165, 1.54) is 17.8 Å². The summed E-state index contributed by atoms with van der Waals surface area (Å²) in [5, 5.41) is 13.3. The third-order valence-electron chi connectivity index (χ3n) is 4.59. The molecule has 0 amide bonds. The standard InChI is InChI=1S/C23H24FN5O2S/c1-5-30-16-12-10-15(11-13-16)20-26-27-22(29(20)18-9-7-6-8-17(18)24)32-14-19-25-21(31-28-19)23(2,3)4/h6-13H,5,14H2,1-4H3. The summed E-state index contributed by atoms with van der Waals surface area (Å²) in [5.74, 6) is 2.45. The number of para-hydroxylation sites is 1. The van der Waals surface area contributed by atoms with Crippen LogP contribution in [0, 0.1) is 5.82 Å². The molecular weight excluding hydrogens is 429 g/mol. The van der Waals surface area contributed by atoms with E-state index in [1.807, 2.05) is 52.0 Å². The first-order valence-electron chi connectivity index (χ1n) is 10.3. The Morgan fingerprint density at radius 2 is 1.81 bits per heavy atom. The summed E-state index contributed by atoms with van der Waals surface area (Å²) in [4.78, 5) is 4.46. The molecule has 0 bridgehead atoms. The van der Waals surface area contributed by atoms with E-state index in [1.54, 1.807) is 22.8 Å². The van der Waals surface area contributed by atoms with Crippen LogP contribution in [-0.4, -0.2) is 31.5 Å². The fourth-order valence-electron chi connectivity index (χ4n) is 3.01. The quantitative estimate of drug-likeness (QED) is 0.345. The fourth-order valence-corrected chi connectivity index (χ4v) is 3.80. The van der Waals surface area contributed by atoms with Gasteiger partial charge < -0.3 is 9.26 Å². The van der Waals surface area contributed by atoms with Crippen molar-refractivity contribution in [2.45, 2.75) is 44.0 Å². The van der Waals surface area contributed by atoms with E-state index < -0.39 is 0 Å². The van der Waals surface area contributed by atoms with Crippen LogP contribution in [0.15, 0.2) is 58.2 Å². The van der Waals surface area contributed by atoms with Crippen molar-refractivity contribution in [1.29, 1.82) is 0 Å². The Bertz CT molecular complexity index is 1200. The number of hydrogen-bond acceptors (Lipinski definition) is 7. The van der Waals surface area contributed by atoms with Crippen LogP contribution in [-0.2, 0) is 11.2 Å². The zero-order valence-electron chi connectivity index (χ0n) is 18.4. The number of thioether (sulfide) groups is 1. The van der Waals surface area contributed by atoms with E-state index in [9.17, 15) is 4.39 Å². The second kappa shape index (κ2) is 9.12. The van der Waals surface area contributed by atoms with Gasteiger partial charge >= 0.3 is 0 Å². The molecule has 2 heterocycles. The molecule has 0 saturated carbocycles. The van der Waals surface area contributed by atoms with Crippen LogP contribution >= 0.6 is 11.8 Å². The molecule has 0 spiro atoms. The maximum absolute atomic E-state index is 14.7. The molecule has 4 rings (SSSR count). The Kier molecular flexibility index (Phi) is 6.27. The van der Waals surface area contributed by atoms with Crippen molar-refractivity contribution in [2.24, 2.45) is 0 Å². The van der Waals surface area contributed by atoms with E-state index in [2.05, 4.69) is 20.3 Å². The highest BCUT2D eigenvalue weighted by Gasteiger charge is 2.23. The first kappa shape index (κ1) is 22.0. The second-order valence-corrected chi connectivity index (χ2v) is 9.05. The zero-order chi connectivity index (χ0) is 22.7. The lowest BCUT2D eigenvalue weighted by molar-refractivity contribution is 0.319. The van der Waals surface area contributed by atoms with Gasteiger partial charge in [-0.15, -0.1) is 10.2 Å². The summed E-state index contributed by atoms with van der Waals surface area (Å²) < 4.78 is 27.3. The Balaban J connectivity index is 1.68. The van der Waals surface area contributed by atoms with Crippen LogP contribution < -0.4 is 4.74 Å². The molecule has 2 aromatic heterocycles. The summed E-state index contributed by atoms with van der Waals surface area (Å²) in [6.07, 6.45) is 0. The van der Waals surface area contributed by atoms with E-state index in [4.69, 9.17) is 9.26 Å². The number of nitrogens with zero attached hydrogens (tertiary/aromatic N) is 5. The van der Waals surface area contributed by atoms with E-state index in [-0.39, 0.29) is 11.2 Å². The normalized spacial score (nSPS) is 11.7. The maximum Gasteiger partial charge on any atom is 0.232 e. The highest BCUT2D eigenvalue weighted by molar-refractivity contribution is 7.98. The van der Waals surface area contributed by atoms with E-state index in [0.29, 0.717) is 40.7 Å². The molecule has 0 radical (unpaired) electrons. The molecule has 166 valence electrons. The van der Waals surface area contributed by atoms with Crippen LogP contribution in [0.4, 0.5) is 4.39 Å². The summed E-state index contributed by atoms with van der Waals surface area (Å²) in [6, 6.07) is 14.0. The molecular formula is C23H24FN5O2S. The van der Waals surface area contributed by atoms with Gasteiger partial charge in [0.2, 0.25) is 5.89 Å². The van der Waals surface area contributed by atoms with E-state index >= 15 is 0 Å². The van der Waals surface area contributed by atoms with Crippen molar-refractivity contribution in [3.05, 3.63) is 66.1 Å². The zero-order valence-corrected chi connectivity index (χ0v) is 19.2. The van der Waals surface area contributed by atoms with Crippen molar-refractivity contribution in [3.8, 4) is 22.8 Å². The number of rotatable bonds is 7. The van der Waals surface area contributed by atoms with Crippen LogP contribution in [0.2, 0.25) is 0 Å². The van der Waals surface area contributed by atoms with Gasteiger partial charge in [-0.2, -0.15) is 4.98 Å². The molecule has 0 saturated heterocycles. The fraction of sp³-hybridized carbons (Fsp3) is 0.304. The first-order chi connectivity index (χ1) is 15.4. The molecule has 0 unspecified atom stereocenters. The highest BCUT2D eigenvalue weighted by Crippen LogP contribution is 2.31. The lowest BCUT2D eigenvalue weighted by Crippen LogP contribution is -2.11. The van der Waals surface area contributed by atoms with Gasteiger partial charge in [-0.1, -0.05) is 49.8 Å². The van der Waals surface area contributed by atoms with E-state index in [0.717, 1.165) is 11.3 Å². The molecule has 4 aromatic rings. The number of halogens is 1. The van der Waals surface area contributed by atoms with Crippen molar-refractivity contribution >= 4 is 11.8 Å². The Hall–Kier alpha value is -3.20. The van der Waals surface area contributed by atoms with Gasteiger partial charge in [0.05, 0.1) is 18.0 Å². The Labute approximate surface area is 190 Å². The van der Waals surface area contributed by atoms with Crippen LogP contribution in [0.1, 0.15) is 39.4 Å². The topological polar surface area (TPSA) is 78.9 Å². The molecule has 0 aliphatic carbocycles. The van der Waals surface area contributed by atoms with Gasteiger partial charge in [-0.05, 0) is 43.3 Å². The minimum atomic E-state index is -0.365. The molecule has 9 heteroatoms. The molecule has 7 nitrogen and oxygen atoms in total. The van der Waals surface area contributed by atoms with Crippen LogP contribution in [0.3, 0.4) is 0 Å².